The van der Waals surface area contributed by atoms with Gasteiger partial charge in [-0.1, -0.05) is 18.5 Å². The number of ether oxygens (including phenoxy) is 1. The summed E-state index contributed by atoms with van der Waals surface area (Å²) in [5.41, 5.74) is 0. The van der Waals surface area contributed by atoms with Gasteiger partial charge in [-0.3, -0.25) is 9.79 Å². The first kappa shape index (κ1) is 24.8. The van der Waals surface area contributed by atoms with E-state index in [0.717, 1.165) is 12.2 Å². The molecule has 2 unspecified atom stereocenters. The fourth-order valence-electron chi connectivity index (χ4n) is 1.99. The summed E-state index contributed by atoms with van der Waals surface area (Å²) < 4.78 is 5.79. The predicted octanol–water partition coefficient (Wildman–Crippen LogP) is 3.20. The first-order chi connectivity index (χ1) is 11.9. The van der Waals surface area contributed by atoms with Gasteiger partial charge in [0, 0.05) is 31.1 Å². The van der Waals surface area contributed by atoms with Crippen molar-refractivity contribution in [2.24, 2.45) is 4.99 Å². The summed E-state index contributed by atoms with van der Waals surface area (Å²) in [5, 5.41) is 9.92. The molecule has 26 heavy (non-hydrogen) atoms. The Hall–Kier alpha value is -1.22. The Balaban J connectivity index is 0.00000625. The number of rotatable bonds is 9. The molecule has 148 valence electrons. The van der Waals surface area contributed by atoms with E-state index in [9.17, 15) is 4.79 Å². The van der Waals surface area contributed by atoms with Crippen LogP contribution in [0.5, 0.6) is 5.75 Å². The zero-order chi connectivity index (χ0) is 18.7. The Labute approximate surface area is 178 Å². The average Bonchev–Trinajstić information content (AvgIpc) is 2.59. The number of amides is 1. The van der Waals surface area contributed by atoms with Gasteiger partial charge < -0.3 is 20.7 Å². The molecule has 0 radical (unpaired) electrons. The van der Waals surface area contributed by atoms with E-state index in [0.29, 0.717) is 30.5 Å². The summed E-state index contributed by atoms with van der Waals surface area (Å²) in [5.74, 6) is 1.45. The molecule has 0 heterocycles. The Bertz CT molecular complexity index is 555. The molecule has 1 aromatic rings. The minimum atomic E-state index is -0.0478. The highest BCUT2D eigenvalue weighted by Crippen LogP contribution is 2.16. The molecule has 0 saturated heterocycles. The van der Waals surface area contributed by atoms with Gasteiger partial charge in [0.1, 0.15) is 11.9 Å². The van der Waals surface area contributed by atoms with Gasteiger partial charge in [-0.25, -0.2) is 0 Å². The van der Waals surface area contributed by atoms with Crippen LogP contribution >= 0.6 is 35.6 Å². The summed E-state index contributed by atoms with van der Waals surface area (Å²) in [6.07, 6.45) is 1.28. The minimum Gasteiger partial charge on any atom is -0.489 e. The number of benzene rings is 1. The number of aliphatic imine (C=N–C) groups is 1. The van der Waals surface area contributed by atoms with Crippen molar-refractivity contribution in [3.8, 4) is 5.75 Å². The van der Waals surface area contributed by atoms with E-state index in [1.165, 1.54) is 0 Å². The smallest absolute Gasteiger partial charge is 0.221 e. The molecule has 8 heteroatoms. The second-order valence-electron chi connectivity index (χ2n) is 5.89. The van der Waals surface area contributed by atoms with E-state index >= 15 is 0 Å². The first-order valence-electron chi connectivity index (χ1n) is 8.60. The SMILES string of the molecule is CCC(C)NC(=O)CCNC(=NC)NCC(C)Oc1ccc(Cl)cc1.I. The van der Waals surface area contributed by atoms with E-state index in [1.54, 1.807) is 19.2 Å². The summed E-state index contributed by atoms with van der Waals surface area (Å²) in [6.45, 7) is 7.11. The maximum absolute atomic E-state index is 11.7. The molecule has 0 aliphatic rings. The van der Waals surface area contributed by atoms with Crippen LogP contribution in [0.4, 0.5) is 0 Å². The van der Waals surface area contributed by atoms with Crippen LogP contribution < -0.4 is 20.7 Å². The van der Waals surface area contributed by atoms with Crippen LogP contribution in [0.2, 0.25) is 5.02 Å². The third-order valence-electron chi connectivity index (χ3n) is 3.60. The van der Waals surface area contributed by atoms with Crippen molar-refractivity contribution >= 4 is 47.4 Å². The lowest BCUT2D eigenvalue weighted by Gasteiger charge is -2.18. The summed E-state index contributed by atoms with van der Waals surface area (Å²) in [7, 11) is 1.69. The predicted molar refractivity (Wildman–Crippen MR) is 119 cm³/mol. The molecule has 6 nitrogen and oxygen atoms in total. The fourth-order valence-corrected chi connectivity index (χ4v) is 2.12. The van der Waals surface area contributed by atoms with Crippen LogP contribution in [0, 0.1) is 0 Å². The van der Waals surface area contributed by atoms with Gasteiger partial charge in [-0.05, 0) is 44.5 Å². The molecule has 0 fully saturated rings. The van der Waals surface area contributed by atoms with E-state index in [1.807, 2.05) is 32.9 Å². The van der Waals surface area contributed by atoms with Crippen LogP contribution in [0.15, 0.2) is 29.3 Å². The van der Waals surface area contributed by atoms with E-state index in [-0.39, 0.29) is 42.0 Å². The van der Waals surface area contributed by atoms with Crippen LogP contribution in [-0.2, 0) is 4.79 Å². The molecular formula is C18H30ClIN4O2. The third kappa shape index (κ3) is 10.7. The molecule has 0 saturated carbocycles. The second-order valence-corrected chi connectivity index (χ2v) is 6.33. The lowest BCUT2D eigenvalue weighted by atomic mass is 10.2. The molecule has 2 atom stereocenters. The summed E-state index contributed by atoms with van der Waals surface area (Å²) in [4.78, 5) is 15.9. The molecule has 0 aromatic heterocycles. The summed E-state index contributed by atoms with van der Waals surface area (Å²) in [6, 6.07) is 7.46. The van der Waals surface area contributed by atoms with Gasteiger partial charge >= 0.3 is 0 Å². The van der Waals surface area contributed by atoms with Gasteiger partial charge in [0.25, 0.3) is 0 Å². The number of carbonyl (C=O) groups is 1. The van der Waals surface area contributed by atoms with Crippen LogP contribution in [0.3, 0.4) is 0 Å². The largest absolute Gasteiger partial charge is 0.489 e. The number of nitrogens with zero attached hydrogens (tertiary/aromatic N) is 1. The van der Waals surface area contributed by atoms with Crippen molar-refractivity contribution in [3.63, 3.8) is 0 Å². The maximum atomic E-state index is 11.7. The van der Waals surface area contributed by atoms with Crippen molar-refractivity contribution in [3.05, 3.63) is 29.3 Å². The molecule has 1 rings (SSSR count). The maximum Gasteiger partial charge on any atom is 0.221 e. The number of hydrogen-bond donors (Lipinski definition) is 3. The molecular weight excluding hydrogens is 467 g/mol. The van der Waals surface area contributed by atoms with E-state index < -0.39 is 0 Å². The molecule has 0 spiro atoms. The van der Waals surface area contributed by atoms with Crippen molar-refractivity contribution in [2.45, 2.75) is 45.8 Å². The number of halogens is 2. The number of guanidine groups is 1. The minimum absolute atomic E-state index is 0. The Morgan fingerprint density at radius 2 is 1.88 bits per heavy atom. The molecule has 0 bridgehead atoms. The molecule has 0 aliphatic carbocycles. The highest BCUT2D eigenvalue weighted by molar-refractivity contribution is 14.0. The Morgan fingerprint density at radius 1 is 1.23 bits per heavy atom. The van der Waals surface area contributed by atoms with Gasteiger partial charge in [0.05, 0.1) is 6.54 Å². The monoisotopic (exact) mass is 496 g/mol. The zero-order valence-corrected chi connectivity index (χ0v) is 18.9. The van der Waals surface area contributed by atoms with Crippen molar-refractivity contribution < 1.29 is 9.53 Å². The molecule has 3 N–H and O–H groups in total. The third-order valence-corrected chi connectivity index (χ3v) is 3.85. The fraction of sp³-hybridized carbons (Fsp3) is 0.556. The number of hydrogen-bond acceptors (Lipinski definition) is 3. The number of nitrogens with one attached hydrogen (secondary N) is 3. The highest BCUT2D eigenvalue weighted by Gasteiger charge is 2.08. The van der Waals surface area contributed by atoms with E-state index in [4.69, 9.17) is 16.3 Å². The number of carbonyl (C=O) groups excluding carboxylic acids is 1. The topological polar surface area (TPSA) is 74.8 Å². The van der Waals surface area contributed by atoms with Crippen LogP contribution in [0.1, 0.15) is 33.6 Å². The van der Waals surface area contributed by atoms with Crippen LogP contribution in [-0.4, -0.2) is 44.1 Å². The zero-order valence-electron chi connectivity index (χ0n) is 15.8. The van der Waals surface area contributed by atoms with Crippen molar-refractivity contribution in [2.75, 3.05) is 20.1 Å². The van der Waals surface area contributed by atoms with Gasteiger partial charge in [-0.2, -0.15) is 0 Å². The van der Waals surface area contributed by atoms with E-state index in [2.05, 4.69) is 20.9 Å². The Morgan fingerprint density at radius 3 is 2.46 bits per heavy atom. The van der Waals surface area contributed by atoms with Gasteiger partial charge in [-0.15, -0.1) is 24.0 Å². The Kier molecular flexibility index (Phi) is 13.3. The lowest BCUT2D eigenvalue weighted by Crippen LogP contribution is -2.43. The normalized spacial score (nSPS) is 13.2. The lowest BCUT2D eigenvalue weighted by molar-refractivity contribution is -0.121. The first-order valence-corrected chi connectivity index (χ1v) is 8.98. The van der Waals surface area contributed by atoms with Gasteiger partial charge in [0.2, 0.25) is 5.91 Å². The molecule has 1 aromatic carbocycles. The second kappa shape index (κ2) is 13.9. The highest BCUT2D eigenvalue weighted by atomic mass is 127. The summed E-state index contributed by atoms with van der Waals surface area (Å²) >= 11 is 5.86. The quantitative estimate of drug-likeness (QED) is 0.279. The van der Waals surface area contributed by atoms with Crippen LogP contribution in [0.25, 0.3) is 0 Å². The van der Waals surface area contributed by atoms with Crippen molar-refractivity contribution in [1.82, 2.24) is 16.0 Å². The molecule has 0 aliphatic heterocycles. The van der Waals surface area contributed by atoms with Gasteiger partial charge in [0.15, 0.2) is 5.96 Å². The van der Waals surface area contributed by atoms with Crippen molar-refractivity contribution in [1.29, 1.82) is 0 Å². The molecule has 1 amide bonds. The average molecular weight is 497 g/mol. The standard InChI is InChI=1S/C18H29ClN4O2.HI/c1-5-13(2)23-17(24)10-11-21-18(20-4)22-12-14(3)25-16-8-6-15(19)7-9-16;/h6-9,13-14H,5,10-12H2,1-4H3,(H,23,24)(H2,20,21,22);1H.